The first-order chi connectivity index (χ1) is 9.70. The number of ether oxygens (including phenoxy) is 1. The molecule has 0 spiro atoms. The zero-order valence-electron chi connectivity index (χ0n) is 11.8. The predicted molar refractivity (Wildman–Crippen MR) is 79.4 cm³/mol. The van der Waals surface area contributed by atoms with Gasteiger partial charge in [0.05, 0.1) is 11.1 Å². The maximum absolute atomic E-state index is 10.6. The summed E-state index contributed by atoms with van der Waals surface area (Å²) in [5, 5.41) is 11.2. The first kappa shape index (κ1) is 14.1. The maximum atomic E-state index is 10.6. The Hall–Kier alpha value is -0.810. The Bertz CT molecular complexity index is 475. The first-order valence-corrected chi connectivity index (χ1v) is 7.64. The molecule has 0 saturated carbocycles. The predicted octanol–water partition coefficient (Wildman–Crippen LogP) is 1.77. The summed E-state index contributed by atoms with van der Waals surface area (Å²) in [4.78, 5) is 4.76. The highest BCUT2D eigenvalue weighted by atomic mass is 35.5. The van der Waals surface area contributed by atoms with E-state index in [-0.39, 0.29) is 6.04 Å². The van der Waals surface area contributed by atoms with E-state index in [1.54, 1.807) is 6.07 Å². The minimum Gasteiger partial charge on any atom is -0.490 e. The summed E-state index contributed by atoms with van der Waals surface area (Å²) in [5.74, 6) is 0.644. The summed E-state index contributed by atoms with van der Waals surface area (Å²) in [7, 11) is 0. The van der Waals surface area contributed by atoms with Crippen LogP contribution in [0.15, 0.2) is 18.2 Å². The van der Waals surface area contributed by atoms with Gasteiger partial charge in [-0.25, -0.2) is 0 Å². The number of rotatable bonds is 2. The molecule has 110 valence electrons. The van der Waals surface area contributed by atoms with E-state index < -0.39 is 6.10 Å². The second-order valence-corrected chi connectivity index (χ2v) is 5.86. The fraction of sp³-hybridized carbons (Fsp3) is 0.600. The molecule has 2 heterocycles. The second-order valence-electron chi connectivity index (χ2n) is 5.45. The van der Waals surface area contributed by atoms with E-state index in [0.717, 1.165) is 38.3 Å². The molecule has 20 heavy (non-hydrogen) atoms. The molecule has 0 radical (unpaired) electrons. The zero-order chi connectivity index (χ0) is 14.1. The van der Waals surface area contributed by atoms with Crippen molar-refractivity contribution in [1.82, 2.24) is 9.80 Å². The third-order valence-electron chi connectivity index (χ3n) is 4.40. The number of halogens is 1. The van der Waals surface area contributed by atoms with Crippen LogP contribution in [0.3, 0.4) is 0 Å². The average Bonchev–Trinajstić information content (AvgIpc) is 2.49. The van der Waals surface area contributed by atoms with Gasteiger partial charge in [0.2, 0.25) is 0 Å². The number of hydrogen-bond acceptors (Lipinski definition) is 4. The highest BCUT2D eigenvalue weighted by molar-refractivity contribution is 6.32. The summed E-state index contributed by atoms with van der Waals surface area (Å²) in [5.41, 5.74) is 0.812. The third-order valence-corrected chi connectivity index (χ3v) is 4.70. The monoisotopic (exact) mass is 296 g/mol. The number of fused-ring (bicyclic) bond motifs is 1. The Kier molecular flexibility index (Phi) is 4.17. The van der Waals surface area contributed by atoms with Crippen LogP contribution in [-0.4, -0.2) is 60.3 Å². The Morgan fingerprint density at radius 2 is 2.05 bits per heavy atom. The van der Waals surface area contributed by atoms with Crippen molar-refractivity contribution in [3.63, 3.8) is 0 Å². The summed E-state index contributed by atoms with van der Waals surface area (Å²) in [6.45, 7) is 7.86. The molecule has 4 nitrogen and oxygen atoms in total. The quantitative estimate of drug-likeness (QED) is 0.902. The number of para-hydroxylation sites is 1. The van der Waals surface area contributed by atoms with Gasteiger partial charge in [-0.15, -0.1) is 0 Å². The Morgan fingerprint density at radius 1 is 1.30 bits per heavy atom. The van der Waals surface area contributed by atoms with E-state index in [4.69, 9.17) is 16.3 Å². The molecule has 3 rings (SSSR count). The SMILES string of the molecule is CCN1CCN(C2COc3c(Cl)cccc3C2O)CC1. The van der Waals surface area contributed by atoms with Crippen LogP contribution in [0.1, 0.15) is 18.6 Å². The molecule has 2 unspecified atom stereocenters. The molecule has 1 N–H and O–H groups in total. The molecular formula is C15H21ClN2O2. The van der Waals surface area contributed by atoms with Crippen LogP contribution < -0.4 is 4.74 Å². The molecule has 0 aromatic heterocycles. The van der Waals surface area contributed by atoms with Crippen molar-refractivity contribution >= 4 is 11.6 Å². The lowest BCUT2D eigenvalue weighted by Gasteiger charge is -2.42. The van der Waals surface area contributed by atoms with Crippen molar-refractivity contribution in [3.05, 3.63) is 28.8 Å². The zero-order valence-corrected chi connectivity index (χ0v) is 12.5. The molecule has 1 saturated heterocycles. The Labute approximate surface area is 124 Å². The highest BCUT2D eigenvalue weighted by Crippen LogP contribution is 2.39. The number of piperazine rings is 1. The van der Waals surface area contributed by atoms with Crippen LogP contribution in [0.2, 0.25) is 5.02 Å². The summed E-state index contributed by atoms with van der Waals surface area (Å²) < 4.78 is 5.80. The third kappa shape index (κ3) is 2.53. The van der Waals surface area contributed by atoms with Crippen LogP contribution in [-0.2, 0) is 0 Å². The minimum atomic E-state index is -0.523. The van der Waals surface area contributed by atoms with Gasteiger partial charge < -0.3 is 14.7 Å². The van der Waals surface area contributed by atoms with Crippen molar-refractivity contribution in [1.29, 1.82) is 0 Å². The lowest BCUT2D eigenvalue weighted by atomic mass is 9.97. The van der Waals surface area contributed by atoms with Crippen LogP contribution >= 0.6 is 11.6 Å². The van der Waals surface area contributed by atoms with E-state index in [2.05, 4.69) is 16.7 Å². The van der Waals surface area contributed by atoms with Gasteiger partial charge in [0.25, 0.3) is 0 Å². The van der Waals surface area contributed by atoms with Gasteiger partial charge in [-0.3, -0.25) is 4.90 Å². The van der Waals surface area contributed by atoms with Crippen LogP contribution in [0.5, 0.6) is 5.75 Å². The first-order valence-electron chi connectivity index (χ1n) is 7.26. The average molecular weight is 297 g/mol. The highest BCUT2D eigenvalue weighted by Gasteiger charge is 2.35. The molecular weight excluding hydrogens is 276 g/mol. The molecule has 1 fully saturated rings. The molecule has 1 aromatic rings. The van der Waals surface area contributed by atoms with Gasteiger partial charge in [0, 0.05) is 31.7 Å². The molecule has 0 amide bonds. The Morgan fingerprint density at radius 3 is 2.75 bits per heavy atom. The Balaban J connectivity index is 1.74. The minimum absolute atomic E-state index is 0.0278. The molecule has 2 aliphatic heterocycles. The van der Waals surface area contributed by atoms with Crippen molar-refractivity contribution in [3.8, 4) is 5.75 Å². The molecule has 1 aromatic carbocycles. The van der Waals surface area contributed by atoms with Crippen LogP contribution in [0, 0.1) is 0 Å². The lowest BCUT2D eigenvalue weighted by molar-refractivity contribution is -0.0164. The number of benzene rings is 1. The van der Waals surface area contributed by atoms with Gasteiger partial charge in [0.15, 0.2) is 0 Å². The molecule has 2 atom stereocenters. The number of aliphatic hydroxyl groups is 1. The van der Waals surface area contributed by atoms with E-state index in [1.807, 2.05) is 12.1 Å². The molecule has 5 heteroatoms. The fourth-order valence-electron chi connectivity index (χ4n) is 3.09. The lowest BCUT2D eigenvalue weighted by Crippen LogP contribution is -2.54. The van der Waals surface area contributed by atoms with E-state index in [1.165, 1.54) is 0 Å². The largest absolute Gasteiger partial charge is 0.490 e. The second kappa shape index (κ2) is 5.90. The number of nitrogens with zero attached hydrogens (tertiary/aromatic N) is 2. The number of hydrogen-bond donors (Lipinski definition) is 1. The van der Waals surface area contributed by atoms with Crippen molar-refractivity contribution < 1.29 is 9.84 Å². The van der Waals surface area contributed by atoms with Gasteiger partial charge in [-0.05, 0) is 12.6 Å². The van der Waals surface area contributed by atoms with E-state index in [0.29, 0.717) is 17.4 Å². The van der Waals surface area contributed by atoms with Gasteiger partial charge in [0.1, 0.15) is 18.5 Å². The number of aliphatic hydroxyl groups excluding tert-OH is 1. The maximum Gasteiger partial charge on any atom is 0.143 e. The smallest absolute Gasteiger partial charge is 0.143 e. The number of likely N-dealkylation sites (N-methyl/N-ethyl adjacent to an activating group) is 1. The standard InChI is InChI=1S/C15H21ClN2O2/c1-2-17-6-8-18(9-7-17)13-10-20-15-11(14(13)19)4-3-5-12(15)16/h3-5,13-14,19H,2,6-10H2,1H3. The fourth-order valence-corrected chi connectivity index (χ4v) is 3.33. The summed E-state index contributed by atoms with van der Waals surface area (Å²) >= 11 is 6.12. The summed E-state index contributed by atoms with van der Waals surface area (Å²) in [6, 6.07) is 5.60. The van der Waals surface area contributed by atoms with Gasteiger partial charge in [-0.2, -0.15) is 0 Å². The van der Waals surface area contributed by atoms with Crippen LogP contribution in [0.4, 0.5) is 0 Å². The topological polar surface area (TPSA) is 35.9 Å². The molecule has 0 aliphatic carbocycles. The van der Waals surface area contributed by atoms with E-state index in [9.17, 15) is 5.11 Å². The molecule has 2 aliphatic rings. The normalized spacial score (nSPS) is 27.9. The summed E-state index contributed by atoms with van der Waals surface area (Å²) in [6.07, 6.45) is -0.523. The van der Waals surface area contributed by atoms with E-state index >= 15 is 0 Å². The van der Waals surface area contributed by atoms with Crippen molar-refractivity contribution in [2.24, 2.45) is 0 Å². The molecule has 0 bridgehead atoms. The van der Waals surface area contributed by atoms with Gasteiger partial charge in [-0.1, -0.05) is 30.7 Å². The van der Waals surface area contributed by atoms with Crippen molar-refractivity contribution in [2.45, 2.75) is 19.1 Å². The van der Waals surface area contributed by atoms with Gasteiger partial charge >= 0.3 is 0 Å². The van der Waals surface area contributed by atoms with Crippen molar-refractivity contribution in [2.75, 3.05) is 39.3 Å². The van der Waals surface area contributed by atoms with Crippen LogP contribution in [0.25, 0.3) is 0 Å².